The summed E-state index contributed by atoms with van der Waals surface area (Å²) in [5.74, 6) is 0.781. The molecule has 3 aliphatic carbocycles. The largest absolute Gasteiger partial charge is 0.330 e. The molecule has 8 heteroatoms. The second-order valence-corrected chi connectivity index (χ2v) is 14.6. The Morgan fingerprint density at radius 2 is 1.00 bits per heavy atom. The van der Waals surface area contributed by atoms with Crippen LogP contribution in [0.2, 0.25) is 0 Å². The molecule has 4 atom stereocenters. The fraction of sp³-hybridized carbons (Fsp3) is 1.00. The Hall–Kier alpha value is -0.320. The lowest BCUT2D eigenvalue weighted by molar-refractivity contribution is 0.138. The number of unbranched alkanes of at least 4 members (excludes halogenated alkanes) is 3. The Labute approximate surface area is 290 Å². The maximum atomic E-state index is 5.78. The van der Waals surface area contributed by atoms with Gasteiger partial charge in [0.25, 0.3) is 0 Å². The van der Waals surface area contributed by atoms with Crippen molar-refractivity contribution in [2.24, 2.45) is 62.6 Å². The molecule has 0 spiro atoms. The zero-order valence-corrected chi connectivity index (χ0v) is 32.9. The summed E-state index contributed by atoms with van der Waals surface area (Å²) in [5, 5.41) is 0. The van der Waals surface area contributed by atoms with Crippen LogP contribution in [-0.2, 0) is 0 Å². The van der Waals surface area contributed by atoms with Crippen LogP contribution in [0.4, 0.5) is 0 Å². The maximum absolute atomic E-state index is 5.78. The first-order valence-electron chi connectivity index (χ1n) is 19.6. The Kier molecular flexibility index (Phi) is 42.8. The lowest BCUT2D eigenvalue weighted by Crippen LogP contribution is -2.43. The fourth-order valence-corrected chi connectivity index (χ4v) is 4.65. The van der Waals surface area contributed by atoms with Crippen molar-refractivity contribution >= 4 is 0 Å². The minimum absolute atomic E-state index is 0.281. The van der Waals surface area contributed by atoms with Crippen molar-refractivity contribution in [3.63, 3.8) is 0 Å². The quantitative estimate of drug-likeness (QED) is 0.116. The lowest BCUT2D eigenvalue weighted by atomic mass is 9.67. The van der Waals surface area contributed by atoms with E-state index in [4.69, 9.17) is 45.9 Å². The van der Waals surface area contributed by atoms with Crippen molar-refractivity contribution in [3.05, 3.63) is 0 Å². The van der Waals surface area contributed by atoms with Gasteiger partial charge in [0.15, 0.2) is 0 Å². The second-order valence-electron chi connectivity index (χ2n) is 14.6. The molecule has 0 aromatic heterocycles. The Bertz CT molecular complexity index is 489. The van der Waals surface area contributed by atoms with E-state index in [1.807, 2.05) is 0 Å². The number of hydrogen-bond acceptors (Lipinski definition) is 8. The molecular formula is C38H92N8. The van der Waals surface area contributed by atoms with E-state index < -0.39 is 0 Å². The standard InChI is InChI=1S/2C7H15N.C6H14N2.C6H15N.C5H13N.C4H11N.C3H9N/c1-6-4-2-3-5-7(6)8;1-2-7(6-8)4-3-5-7;7-5-3-1-2-4-6(5)8;1-4-6(2,3)5-7;1-2-3-4-5-6;1-2-3-4-5;1-2-3-4/h6-7H,2-5,8H2,1H3;2-6,8H2,1H3;5-6H,1-4,7-8H2;4-5,7H2,1-3H3;2-6H2,1H3;2-5H2,1H3;2-4H2,1H3/t6-,7-;;5-,6-;;;;/m0.1..../s1. The van der Waals surface area contributed by atoms with Gasteiger partial charge in [0.05, 0.1) is 0 Å². The van der Waals surface area contributed by atoms with Crippen molar-refractivity contribution in [1.29, 1.82) is 0 Å². The van der Waals surface area contributed by atoms with Gasteiger partial charge in [0, 0.05) is 18.1 Å². The predicted molar refractivity (Wildman–Crippen MR) is 211 cm³/mol. The van der Waals surface area contributed by atoms with Crippen molar-refractivity contribution in [3.8, 4) is 0 Å². The van der Waals surface area contributed by atoms with Gasteiger partial charge in [-0.15, -0.1) is 0 Å². The molecule has 0 saturated heterocycles. The molecule has 0 aromatic rings. The van der Waals surface area contributed by atoms with Gasteiger partial charge in [-0.2, -0.15) is 0 Å². The summed E-state index contributed by atoms with van der Waals surface area (Å²) in [6, 6.07) is 1.07. The molecule has 8 nitrogen and oxygen atoms in total. The van der Waals surface area contributed by atoms with Gasteiger partial charge < -0.3 is 45.9 Å². The van der Waals surface area contributed by atoms with Crippen LogP contribution in [0.5, 0.6) is 0 Å². The van der Waals surface area contributed by atoms with Gasteiger partial charge >= 0.3 is 0 Å². The molecule has 0 amide bonds. The predicted octanol–water partition coefficient (Wildman–Crippen LogP) is 6.88. The van der Waals surface area contributed by atoms with Crippen LogP contribution in [0.3, 0.4) is 0 Å². The third-order valence-corrected chi connectivity index (χ3v) is 9.81. The molecule has 3 aliphatic rings. The summed E-state index contributed by atoms with van der Waals surface area (Å²) in [6.45, 7) is 21.6. The third-order valence-electron chi connectivity index (χ3n) is 9.81. The van der Waals surface area contributed by atoms with Crippen molar-refractivity contribution < 1.29 is 0 Å². The number of rotatable bonds is 10. The molecule has 284 valence electrons. The molecule has 3 saturated carbocycles. The van der Waals surface area contributed by atoms with E-state index in [9.17, 15) is 0 Å². The smallest absolute Gasteiger partial charge is 0.0192 e. The molecule has 0 aliphatic heterocycles. The van der Waals surface area contributed by atoms with Gasteiger partial charge in [-0.1, -0.05) is 107 Å². The summed E-state index contributed by atoms with van der Waals surface area (Å²) in [4.78, 5) is 0. The van der Waals surface area contributed by atoms with Crippen LogP contribution in [0.1, 0.15) is 177 Å². The normalized spacial score (nSPS) is 22.7. The van der Waals surface area contributed by atoms with E-state index in [1.165, 1.54) is 103 Å². The highest BCUT2D eigenvalue weighted by Crippen LogP contribution is 2.42. The van der Waals surface area contributed by atoms with Crippen molar-refractivity contribution in [1.82, 2.24) is 0 Å². The van der Waals surface area contributed by atoms with Crippen molar-refractivity contribution in [2.45, 2.75) is 196 Å². The molecule has 0 radical (unpaired) electrons. The molecule has 16 N–H and O–H groups in total. The van der Waals surface area contributed by atoms with E-state index >= 15 is 0 Å². The molecule has 0 bridgehead atoms. The zero-order valence-electron chi connectivity index (χ0n) is 32.9. The molecule has 0 aromatic carbocycles. The van der Waals surface area contributed by atoms with Gasteiger partial charge in [-0.25, -0.2) is 0 Å². The average Bonchev–Trinajstić information content (AvgIpc) is 3.05. The highest BCUT2D eigenvalue weighted by Gasteiger charge is 2.33. The monoisotopic (exact) mass is 661 g/mol. The SMILES string of the molecule is CCC(C)(C)CN.CCC1(CN)CCC1.CCCCCN.CCCCN.CCCN.C[C@H]1CCCC[C@@H]1N.N[C@@H]1CCCC[C@H]1N. The van der Waals surface area contributed by atoms with E-state index in [0.29, 0.717) is 16.9 Å². The van der Waals surface area contributed by atoms with E-state index in [0.717, 1.165) is 57.9 Å². The van der Waals surface area contributed by atoms with Gasteiger partial charge in [0.1, 0.15) is 0 Å². The van der Waals surface area contributed by atoms with E-state index in [1.54, 1.807) is 0 Å². The molecule has 3 fully saturated rings. The number of hydrogen-bond donors (Lipinski definition) is 8. The summed E-state index contributed by atoms with van der Waals surface area (Å²) in [7, 11) is 0. The summed E-state index contributed by atoms with van der Waals surface area (Å²) < 4.78 is 0. The first-order valence-corrected chi connectivity index (χ1v) is 19.6. The van der Waals surface area contributed by atoms with Crippen LogP contribution in [-0.4, -0.2) is 50.8 Å². The zero-order chi connectivity index (χ0) is 36.3. The van der Waals surface area contributed by atoms with Crippen LogP contribution in [0, 0.1) is 16.7 Å². The summed E-state index contributed by atoms with van der Waals surface area (Å²) in [5.41, 5.74) is 44.4. The molecular weight excluding hydrogens is 568 g/mol. The third kappa shape index (κ3) is 35.0. The number of nitrogens with two attached hydrogens (primary N) is 8. The van der Waals surface area contributed by atoms with Crippen molar-refractivity contribution in [2.75, 3.05) is 32.7 Å². The highest BCUT2D eigenvalue weighted by atomic mass is 14.8. The van der Waals surface area contributed by atoms with Crippen LogP contribution in [0.25, 0.3) is 0 Å². The maximum Gasteiger partial charge on any atom is 0.0192 e. The van der Waals surface area contributed by atoms with Gasteiger partial charge in [-0.05, 0) is 120 Å². The van der Waals surface area contributed by atoms with E-state index in [-0.39, 0.29) is 12.1 Å². The van der Waals surface area contributed by atoms with E-state index in [2.05, 4.69) is 55.4 Å². The average molecular weight is 661 g/mol. The minimum Gasteiger partial charge on any atom is -0.330 e. The Balaban J connectivity index is -0.000000227. The topological polar surface area (TPSA) is 208 Å². The molecule has 0 unspecified atom stereocenters. The lowest BCUT2D eigenvalue weighted by Gasteiger charge is -2.40. The first kappa shape index (κ1) is 52.5. The molecule has 46 heavy (non-hydrogen) atoms. The van der Waals surface area contributed by atoms with Crippen LogP contribution >= 0.6 is 0 Å². The highest BCUT2D eigenvalue weighted by molar-refractivity contribution is 4.86. The summed E-state index contributed by atoms with van der Waals surface area (Å²) in [6.07, 6.45) is 24.0. The van der Waals surface area contributed by atoms with Crippen LogP contribution in [0.15, 0.2) is 0 Å². The first-order chi connectivity index (χ1) is 21.8. The fourth-order valence-electron chi connectivity index (χ4n) is 4.65. The molecule has 3 rings (SSSR count). The Morgan fingerprint density at radius 1 is 0.565 bits per heavy atom. The van der Waals surface area contributed by atoms with Gasteiger partial charge in [0.2, 0.25) is 0 Å². The minimum atomic E-state index is 0.281. The summed E-state index contributed by atoms with van der Waals surface area (Å²) >= 11 is 0. The Morgan fingerprint density at radius 3 is 1.11 bits per heavy atom. The van der Waals surface area contributed by atoms with Gasteiger partial charge in [-0.3, -0.25) is 0 Å². The molecule has 0 heterocycles. The second kappa shape index (κ2) is 37.5. The van der Waals surface area contributed by atoms with Crippen LogP contribution < -0.4 is 45.9 Å².